The van der Waals surface area contributed by atoms with Crippen LogP contribution in [0.25, 0.3) is 0 Å². The number of ether oxygens (including phenoxy) is 1. The number of benzene rings is 1. The quantitative estimate of drug-likeness (QED) is 0.455. The van der Waals surface area contributed by atoms with Crippen LogP contribution in [0.4, 0.5) is 0 Å². The second-order valence-corrected chi connectivity index (χ2v) is 2.49. The first-order valence-corrected chi connectivity index (χ1v) is 3.98. The Bertz CT molecular complexity index is 321. The van der Waals surface area contributed by atoms with Crippen LogP contribution in [-0.4, -0.2) is 0 Å². The van der Waals surface area contributed by atoms with E-state index in [1.807, 2.05) is 36.4 Å². The van der Waals surface area contributed by atoms with Gasteiger partial charge in [0, 0.05) is 5.75 Å². The van der Waals surface area contributed by atoms with Gasteiger partial charge in [-0.05, 0) is 24.3 Å². The van der Waals surface area contributed by atoms with Crippen molar-refractivity contribution in [2.24, 2.45) is 0 Å². The molecular weight excluding hydrogens is 167 g/mol. The van der Waals surface area contributed by atoms with Crippen molar-refractivity contribution < 1.29 is 23.6 Å². The molecule has 0 spiro atoms. The van der Waals surface area contributed by atoms with Crippen molar-refractivity contribution in [2.75, 3.05) is 0 Å². The SMILES string of the molecule is [Li+].c1cccc(Oc2[c-]cccc2)c#1. The summed E-state index contributed by atoms with van der Waals surface area (Å²) in [5.41, 5.74) is 0. The van der Waals surface area contributed by atoms with Gasteiger partial charge in [0.15, 0.2) is 5.75 Å². The number of rotatable bonds is 2. The van der Waals surface area contributed by atoms with Crippen LogP contribution in [0.3, 0.4) is 0 Å². The fourth-order valence-corrected chi connectivity index (χ4v) is 0.956. The monoisotopic (exact) mass is 174 g/mol. The third-order valence-electron chi connectivity index (χ3n) is 1.52. The van der Waals surface area contributed by atoms with Gasteiger partial charge in [0.2, 0.25) is 0 Å². The zero-order valence-electron chi connectivity index (χ0n) is 7.95. The van der Waals surface area contributed by atoms with Gasteiger partial charge in [0.25, 0.3) is 0 Å². The molecule has 2 aromatic carbocycles. The molecule has 0 aliphatic rings. The van der Waals surface area contributed by atoms with Crippen LogP contribution in [-0.2, 0) is 0 Å². The number of para-hydroxylation sites is 1. The van der Waals surface area contributed by atoms with E-state index in [2.05, 4.69) is 18.2 Å². The normalized spacial score (nSPS) is 8.29. The van der Waals surface area contributed by atoms with Gasteiger partial charge in [-0.1, -0.05) is 6.07 Å². The smallest absolute Gasteiger partial charge is 0.474 e. The van der Waals surface area contributed by atoms with Crippen LogP contribution in [0.5, 0.6) is 11.5 Å². The second-order valence-electron chi connectivity index (χ2n) is 2.49. The Labute approximate surface area is 95.9 Å². The van der Waals surface area contributed by atoms with Crippen molar-refractivity contribution in [1.29, 1.82) is 0 Å². The molecule has 0 heterocycles. The summed E-state index contributed by atoms with van der Waals surface area (Å²) in [7, 11) is 0. The van der Waals surface area contributed by atoms with E-state index in [4.69, 9.17) is 4.74 Å². The molecule has 0 unspecified atom stereocenters. The average molecular weight is 174 g/mol. The van der Waals surface area contributed by atoms with E-state index in [0.29, 0.717) is 11.5 Å². The van der Waals surface area contributed by atoms with Gasteiger partial charge in [0.05, 0.1) is 0 Å². The van der Waals surface area contributed by atoms with Gasteiger partial charge in [-0.25, -0.2) is 0 Å². The fraction of sp³-hybridized carbons (Fsp3) is 0. The van der Waals surface area contributed by atoms with E-state index in [1.165, 1.54) is 0 Å². The average Bonchev–Trinajstić information content (AvgIpc) is 2.21. The van der Waals surface area contributed by atoms with Crippen molar-refractivity contribution in [3.63, 3.8) is 0 Å². The summed E-state index contributed by atoms with van der Waals surface area (Å²) < 4.78 is 5.44. The van der Waals surface area contributed by atoms with E-state index in [-0.39, 0.29) is 18.9 Å². The summed E-state index contributed by atoms with van der Waals surface area (Å²) in [6.45, 7) is 0. The molecule has 0 N–H and O–H groups in total. The number of hydrogen-bond acceptors (Lipinski definition) is 1. The predicted molar refractivity (Wildman–Crippen MR) is 49.5 cm³/mol. The largest absolute Gasteiger partial charge is 1.00 e. The molecular formula is C12H7LiO. The van der Waals surface area contributed by atoms with Crippen LogP contribution in [0.15, 0.2) is 42.5 Å². The molecule has 0 saturated carbocycles. The maximum absolute atomic E-state index is 5.44. The fourth-order valence-electron chi connectivity index (χ4n) is 0.956. The van der Waals surface area contributed by atoms with Crippen LogP contribution < -0.4 is 23.6 Å². The maximum Gasteiger partial charge on any atom is 1.00 e. The molecule has 62 valence electrons. The molecule has 0 aliphatic carbocycles. The molecule has 0 aromatic heterocycles. The first-order valence-electron chi connectivity index (χ1n) is 3.98. The van der Waals surface area contributed by atoms with Gasteiger partial charge < -0.3 is 4.74 Å². The van der Waals surface area contributed by atoms with E-state index in [9.17, 15) is 0 Å². The topological polar surface area (TPSA) is 9.23 Å². The summed E-state index contributed by atoms with van der Waals surface area (Å²) in [6.07, 6.45) is 0. The van der Waals surface area contributed by atoms with E-state index < -0.39 is 0 Å². The van der Waals surface area contributed by atoms with E-state index in [1.54, 1.807) is 6.07 Å². The van der Waals surface area contributed by atoms with Gasteiger partial charge in [-0.3, -0.25) is 0 Å². The zero-order valence-corrected chi connectivity index (χ0v) is 7.95. The van der Waals surface area contributed by atoms with Crippen LogP contribution >= 0.6 is 0 Å². The molecule has 2 heteroatoms. The van der Waals surface area contributed by atoms with Gasteiger partial charge in [-0.15, -0.1) is 12.1 Å². The zero-order chi connectivity index (χ0) is 8.93. The predicted octanol–water partition coefficient (Wildman–Crippen LogP) is -0.117. The van der Waals surface area contributed by atoms with E-state index >= 15 is 0 Å². The molecule has 0 amide bonds. The Morgan fingerprint density at radius 3 is 2.71 bits per heavy atom. The molecule has 14 heavy (non-hydrogen) atoms. The van der Waals surface area contributed by atoms with Crippen LogP contribution in [0, 0.1) is 18.2 Å². The third-order valence-corrected chi connectivity index (χ3v) is 1.52. The Morgan fingerprint density at radius 2 is 2.07 bits per heavy atom. The summed E-state index contributed by atoms with van der Waals surface area (Å²) in [5, 5.41) is 0. The van der Waals surface area contributed by atoms with Crippen LogP contribution in [0.1, 0.15) is 0 Å². The minimum absolute atomic E-state index is 0. The van der Waals surface area contributed by atoms with Crippen molar-refractivity contribution in [1.82, 2.24) is 0 Å². The van der Waals surface area contributed by atoms with Gasteiger partial charge >= 0.3 is 18.9 Å². The molecule has 0 atom stereocenters. The summed E-state index contributed by atoms with van der Waals surface area (Å²) in [5.74, 6) is 1.35. The Hall–Kier alpha value is -1.34. The minimum Gasteiger partial charge on any atom is -0.474 e. The minimum atomic E-state index is 0. The standard InChI is InChI=1S/C12H7O.Li/c1-3-7-11(8-4-1)13-12-9-5-2-6-10-12;/h1-5,7,9H;/q-1;+1. The molecule has 0 saturated heterocycles. The van der Waals surface area contributed by atoms with Gasteiger partial charge in [0.1, 0.15) is 0 Å². The molecule has 2 aromatic rings. The Kier molecular flexibility index (Phi) is 4.14. The van der Waals surface area contributed by atoms with Crippen molar-refractivity contribution in [3.05, 3.63) is 60.7 Å². The first kappa shape index (κ1) is 10.7. The Balaban J connectivity index is 0.000000980. The first-order chi connectivity index (χ1) is 6.45. The van der Waals surface area contributed by atoms with Crippen molar-refractivity contribution in [2.45, 2.75) is 0 Å². The second kappa shape index (κ2) is 5.40. The van der Waals surface area contributed by atoms with Crippen molar-refractivity contribution in [3.8, 4) is 11.5 Å². The molecule has 2 rings (SSSR count). The number of hydrogen-bond donors (Lipinski definition) is 0. The molecule has 0 radical (unpaired) electrons. The van der Waals surface area contributed by atoms with Gasteiger partial charge in [-0.2, -0.15) is 18.2 Å². The summed E-state index contributed by atoms with van der Waals surface area (Å²) >= 11 is 0. The van der Waals surface area contributed by atoms with Crippen molar-refractivity contribution >= 4 is 0 Å². The summed E-state index contributed by atoms with van der Waals surface area (Å²) in [4.78, 5) is 0. The molecule has 0 aliphatic heterocycles. The molecule has 0 bridgehead atoms. The molecule has 1 nitrogen and oxygen atoms in total. The summed E-state index contributed by atoms with van der Waals surface area (Å²) in [6, 6.07) is 21.5. The maximum atomic E-state index is 5.44. The Morgan fingerprint density at radius 1 is 1.14 bits per heavy atom. The molecule has 0 fully saturated rings. The third kappa shape index (κ3) is 2.86. The van der Waals surface area contributed by atoms with E-state index in [0.717, 1.165) is 0 Å². The van der Waals surface area contributed by atoms with Crippen LogP contribution in [0.2, 0.25) is 0 Å².